The molecule has 0 aromatic heterocycles. The van der Waals surface area contributed by atoms with Gasteiger partial charge in [0.15, 0.2) is 0 Å². The standard InChI is InChI=1S/C12H14N2O2S/c13-11(17)9-3-1-2-4-10(9)14-12(15)8-5-6-16-7-8/h1-4,8H,5-7H2,(H2,13,17)(H,14,15). The first-order chi connectivity index (χ1) is 8.18. The van der Waals surface area contributed by atoms with Gasteiger partial charge < -0.3 is 15.8 Å². The van der Waals surface area contributed by atoms with Gasteiger partial charge in [-0.05, 0) is 18.6 Å². The van der Waals surface area contributed by atoms with Gasteiger partial charge in [-0.25, -0.2) is 0 Å². The molecule has 17 heavy (non-hydrogen) atoms. The molecule has 0 saturated carbocycles. The van der Waals surface area contributed by atoms with E-state index in [4.69, 9.17) is 22.7 Å². The molecule has 5 heteroatoms. The number of nitrogens with one attached hydrogen (secondary N) is 1. The lowest BCUT2D eigenvalue weighted by atomic mass is 10.1. The maximum absolute atomic E-state index is 11.9. The maximum atomic E-state index is 11.9. The van der Waals surface area contributed by atoms with Crippen molar-refractivity contribution in [3.05, 3.63) is 29.8 Å². The van der Waals surface area contributed by atoms with Crippen molar-refractivity contribution in [3.63, 3.8) is 0 Å². The number of carbonyl (C=O) groups excluding carboxylic acids is 1. The Morgan fingerprint density at radius 3 is 2.88 bits per heavy atom. The number of benzene rings is 1. The zero-order valence-electron chi connectivity index (χ0n) is 9.31. The predicted molar refractivity (Wildman–Crippen MR) is 69.9 cm³/mol. The zero-order chi connectivity index (χ0) is 12.3. The monoisotopic (exact) mass is 250 g/mol. The Kier molecular flexibility index (Phi) is 3.71. The van der Waals surface area contributed by atoms with Gasteiger partial charge in [-0.1, -0.05) is 24.4 Å². The number of para-hydroxylation sites is 1. The van der Waals surface area contributed by atoms with Crippen LogP contribution in [0.25, 0.3) is 0 Å². The topological polar surface area (TPSA) is 64.3 Å². The lowest BCUT2D eigenvalue weighted by Crippen LogP contribution is -2.24. The Bertz CT molecular complexity index is 442. The highest BCUT2D eigenvalue weighted by molar-refractivity contribution is 7.80. The Labute approximate surface area is 105 Å². The number of anilines is 1. The quantitative estimate of drug-likeness (QED) is 0.794. The number of carbonyl (C=O) groups is 1. The number of rotatable bonds is 3. The molecule has 2 rings (SSSR count). The van der Waals surface area contributed by atoms with E-state index in [9.17, 15) is 4.79 Å². The molecule has 1 aromatic rings. The van der Waals surface area contributed by atoms with Gasteiger partial charge in [0.2, 0.25) is 5.91 Å². The van der Waals surface area contributed by atoms with Gasteiger partial charge in [-0.2, -0.15) is 0 Å². The van der Waals surface area contributed by atoms with E-state index in [1.807, 2.05) is 12.1 Å². The van der Waals surface area contributed by atoms with Crippen molar-refractivity contribution in [1.29, 1.82) is 0 Å². The van der Waals surface area contributed by atoms with Crippen molar-refractivity contribution >= 4 is 28.8 Å². The first-order valence-electron chi connectivity index (χ1n) is 5.46. The summed E-state index contributed by atoms with van der Waals surface area (Å²) >= 11 is 4.94. The molecule has 1 atom stereocenters. The van der Waals surface area contributed by atoms with Crippen LogP contribution in [0.15, 0.2) is 24.3 Å². The third kappa shape index (κ3) is 2.81. The maximum Gasteiger partial charge on any atom is 0.229 e. The minimum absolute atomic E-state index is 0.0359. The molecule has 1 unspecified atom stereocenters. The molecule has 3 N–H and O–H groups in total. The van der Waals surface area contributed by atoms with Crippen LogP contribution < -0.4 is 11.1 Å². The molecule has 90 valence electrons. The molecule has 0 bridgehead atoms. The van der Waals surface area contributed by atoms with Crippen molar-refractivity contribution < 1.29 is 9.53 Å². The molecule has 1 aliphatic rings. The van der Waals surface area contributed by atoms with Crippen molar-refractivity contribution in [1.82, 2.24) is 0 Å². The largest absolute Gasteiger partial charge is 0.389 e. The van der Waals surface area contributed by atoms with E-state index < -0.39 is 0 Å². The van der Waals surface area contributed by atoms with Crippen molar-refractivity contribution in [2.24, 2.45) is 11.7 Å². The molecule has 0 aliphatic carbocycles. The number of nitrogens with two attached hydrogens (primary N) is 1. The van der Waals surface area contributed by atoms with Crippen LogP contribution in [-0.4, -0.2) is 24.1 Å². The van der Waals surface area contributed by atoms with Gasteiger partial charge in [0, 0.05) is 12.2 Å². The van der Waals surface area contributed by atoms with Crippen LogP contribution in [-0.2, 0) is 9.53 Å². The SMILES string of the molecule is NC(=S)c1ccccc1NC(=O)C1CCOC1. The lowest BCUT2D eigenvalue weighted by Gasteiger charge is -2.12. The summed E-state index contributed by atoms with van der Waals surface area (Å²) in [4.78, 5) is 12.2. The summed E-state index contributed by atoms with van der Waals surface area (Å²) in [5, 5.41) is 2.85. The highest BCUT2D eigenvalue weighted by atomic mass is 32.1. The van der Waals surface area contributed by atoms with Gasteiger partial charge in [-0.15, -0.1) is 0 Å². The minimum atomic E-state index is -0.0746. The van der Waals surface area contributed by atoms with Crippen molar-refractivity contribution in [2.45, 2.75) is 6.42 Å². The van der Waals surface area contributed by atoms with Gasteiger partial charge in [0.05, 0.1) is 18.2 Å². The molecule has 1 aromatic carbocycles. The highest BCUT2D eigenvalue weighted by Gasteiger charge is 2.24. The first kappa shape index (κ1) is 12.0. The molecule has 1 saturated heterocycles. The van der Waals surface area contributed by atoms with Crippen LogP contribution >= 0.6 is 12.2 Å². The molecular formula is C12H14N2O2S. The molecule has 1 amide bonds. The fraction of sp³-hybridized carbons (Fsp3) is 0.333. The average Bonchev–Trinajstić information content (AvgIpc) is 2.83. The van der Waals surface area contributed by atoms with Crippen molar-refractivity contribution in [2.75, 3.05) is 18.5 Å². The Balaban J connectivity index is 2.12. The van der Waals surface area contributed by atoms with E-state index in [0.717, 1.165) is 6.42 Å². The summed E-state index contributed by atoms with van der Waals surface area (Å²) in [6, 6.07) is 7.26. The van der Waals surface area contributed by atoms with Crippen LogP contribution in [0.2, 0.25) is 0 Å². The van der Waals surface area contributed by atoms with Crippen LogP contribution in [0.5, 0.6) is 0 Å². The summed E-state index contributed by atoms with van der Waals surface area (Å²) in [5.74, 6) is -0.111. The van der Waals surface area contributed by atoms with E-state index in [2.05, 4.69) is 5.32 Å². The fourth-order valence-corrected chi connectivity index (χ4v) is 1.96. The highest BCUT2D eigenvalue weighted by Crippen LogP contribution is 2.19. The fourth-order valence-electron chi connectivity index (χ4n) is 1.78. The van der Waals surface area contributed by atoms with Gasteiger partial charge in [0.1, 0.15) is 4.99 Å². The molecule has 0 radical (unpaired) electrons. The second-order valence-electron chi connectivity index (χ2n) is 3.96. The summed E-state index contributed by atoms with van der Waals surface area (Å²) in [7, 11) is 0. The number of hydrogen-bond donors (Lipinski definition) is 2. The Morgan fingerprint density at radius 2 is 2.24 bits per heavy atom. The van der Waals surface area contributed by atoms with Gasteiger partial charge in [-0.3, -0.25) is 4.79 Å². The Hall–Kier alpha value is -1.46. The van der Waals surface area contributed by atoms with E-state index in [1.54, 1.807) is 12.1 Å². The number of hydrogen-bond acceptors (Lipinski definition) is 3. The van der Waals surface area contributed by atoms with Crippen LogP contribution in [0.3, 0.4) is 0 Å². The summed E-state index contributed by atoms with van der Waals surface area (Å²) in [5.41, 5.74) is 6.95. The Morgan fingerprint density at radius 1 is 1.47 bits per heavy atom. The number of amides is 1. The van der Waals surface area contributed by atoms with Gasteiger partial charge >= 0.3 is 0 Å². The second-order valence-corrected chi connectivity index (χ2v) is 4.40. The smallest absolute Gasteiger partial charge is 0.229 e. The minimum Gasteiger partial charge on any atom is -0.389 e. The van der Waals surface area contributed by atoms with E-state index in [1.165, 1.54) is 0 Å². The van der Waals surface area contributed by atoms with Crippen LogP contribution in [0.4, 0.5) is 5.69 Å². The zero-order valence-corrected chi connectivity index (χ0v) is 10.1. The first-order valence-corrected chi connectivity index (χ1v) is 5.87. The van der Waals surface area contributed by atoms with Gasteiger partial charge in [0.25, 0.3) is 0 Å². The normalized spacial score (nSPS) is 18.9. The molecular weight excluding hydrogens is 236 g/mol. The third-order valence-electron chi connectivity index (χ3n) is 2.75. The number of thiocarbonyl (C=S) groups is 1. The summed E-state index contributed by atoms with van der Waals surface area (Å²) in [6.07, 6.45) is 0.765. The molecule has 1 aliphatic heterocycles. The van der Waals surface area contributed by atoms with Crippen LogP contribution in [0.1, 0.15) is 12.0 Å². The average molecular weight is 250 g/mol. The van der Waals surface area contributed by atoms with Crippen molar-refractivity contribution in [3.8, 4) is 0 Å². The second kappa shape index (κ2) is 5.25. The van der Waals surface area contributed by atoms with E-state index in [-0.39, 0.29) is 16.8 Å². The predicted octanol–water partition coefficient (Wildman–Crippen LogP) is 1.30. The third-order valence-corrected chi connectivity index (χ3v) is 2.97. The lowest BCUT2D eigenvalue weighted by molar-refractivity contribution is -0.119. The van der Waals surface area contributed by atoms with E-state index >= 15 is 0 Å². The van der Waals surface area contributed by atoms with Crippen LogP contribution in [0, 0.1) is 5.92 Å². The molecule has 1 fully saturated rings. The summed E-state index contributed by atoms with van der Waals surface area (Å²) < 4.78 is 5.18. The number of ether oxygens (including phenoxy) is 1. The molecule has 1 heterocycles. The molecule has 4 nitrogen and oxygen atoms in total. The van der Waals surface area contributed by atoms with E-state index in [0.29, 0.717) is 24.5 Å². The molecule has 0 spiro atoms. The summed E-state index contributed by atoms with van der Waals surface area (Å²) in [6.45, 7) is 1.14.